The molecule has 4 heteroatoms. The normalized spacial score (nSPS) is 20.7. The smallest absolute Gasteiger partial charge is 0.249 e. The fourth-order valence-electron chi connectivity index (χ4n) is 1.69. The Hall–Kier alpha value is -1.32. The summed E-state index contributed by atoms with van der Waals surface area (Å²) in [5.41, 5.74) is 0.487. The Balaban J connectivity index is 2.73. The van der Waals surface area contributed by atoms with Gasteiger partial charge in [0.15, 0.2) is 0 Å². The van der Waals surface area contributed by atoms with E-state index in [0.717, 1.165) is 12.8 Å². The second kappa shape index (κ2) is 4.26. The first-order chi connectivity index (χ1) is 6.57. The lowest BCUT2D eigenvalue weighted by Gasteiger charge is -2.23. The van der Waals surface area contributed by atoms with Gasteiger partial charge >= 0.3 is 0 Å². The molecule has 0 bridgehead atoms. The van der Waals surface area contributed by atoms with E-state index in [0.29, 0.717) is 12.1 Å². The number of nitrogens with one attached hydrogen (secondary N) is 1. The Morgan fingerprint density at radius 3 is 2.64 bits per heavy atom. The van der Waals surface area contributed by atoms with Crippen molar-refractivity contribution in [2.45, 2.75) is 25.8 Å². The quantitative estimate of drug-likeness (QED) is 0.646. The molecule has 0 radical (unpaired) electrons. The highest BCUT2D eigenvalue weighted by atomic mass is 16.2. The molecule has 1 aliphatic heterocycles. The first kappa shape index (κ1) is 10.8. The van der Waals surface area contributed by atoms with Crippen molar-refractivity contribution >= 4 is 11.8 Å². The summed E-state index contributed by atoms with van der Waals surface area (Å²) in [5.74, 6) is -0.201. The van der Waals surface area contributed by atoms with Crippen LogP contribution in [0.3, 0.4) is 0 Å². The van der Waals surface area contributed by atoms with E-state index in [9.17, 15) is 9.59 Å². The van der Waals surface area contributed by atoms with Gasteiger partial charge < -0.3 is 10.2 Å². The van der Waals surface area contributed by atoms with Gasteiger partial charge in [-0.1, -0.05) is 6.58 Å². The Kier molecular flexibility index (Phi) is 3.28. The molecule has 0 aliphatic carbocycles. The Morgan fingerprint density at radius 2 is 2.14 bits per heavy atom. The summed E-state index contributed by atoms with van der Waals surface area (Å²) in [6.07, 6.45) is 1.63. The van der Waals surface area contributed by atoms with Crippen molar-refractivity contribution in [3.63, 3.8) is 0 Å². The molecule has 2 amide bonds. The molecule has 78 valence electrons. The lowest BCUT2D eigenvalue weighted by molar-refractivity contribution is -0.135. The summed E-state index contributed by atoms with van der Waals surface area (Å²) in [4.78, 5) is 24.6. The molecule has 4 nitrogen and oxygen atoms in total. The molecular weight excluding hydrogens is 180 g/mol. The summed E-state index contributed by atoms with van der Waals surface area (Å²) < 4.78 is 0. The van der Waals surface area contributed by atoms with E-state index < -0.39 is 0 Å². The van der Waals surface area contributed by atoms with Gasteiger partial charge in [0.05, 0.1) is 0 Å². The van der Waals surface area contributed by atoms with Gasteiger partial charge in [0.25, 0.3) is 0 Å². The van der Waals surface area contributed by atoms with Gasteiger partial charge in [-0.3, -0.25) is 9.59 Å². The largest absolute Gasteiger partial charge is 0.357 e. The van der Waals surface area contributed by atoms with Crippen molar-refractivity contribution in [3.05, 3.63) is 12.2 Å². The van der Waals surface area contributed by atoms with E-state index in [1.807, 2.05) is 0 Å². The topological polar surface area (TPSA) is 49.4 Å². The van der Waals surface area contributed by atoms with Gasteiger partial charge in [-0.05, 0) is 19.8 Å². The van der Waals surface area contributed by atoms with Crippen molar-refractivity contribution < 1.29 is 9.59 Å². The first-order valence-corrected chi connectivity index (χ1v) is 4.76. The minimum Gasteiger partial charge on any atom is -0.357 e. The van der Waals surface area contributed by atoms with Crippen molar-refractivity contribution in [2.24, 2.45) is 0 Å². The molecule has 14 heavy (non-hydrogen) atoms. The van der Waals surface area contributed by atoms with Gasteiger partial charge in [0.1, 0.15) is 6.04 Å². The SMILES string of the molecule is C=C(C)C(=O)N1CCC[C@H]1C(=O)NC. The number of amides is 2. The zero-order valence-electron chi connectivity index (χ0n) is 8.67. The Bertz CT molecular complexity index is 273. The monoisotopic (exact) mass is 196 g/mol. The molecule has 0 unspecified atom stereocenters. The minimum absolute atomic E-state index is 0.0860. The molecule has 1 atom stereocenters. The average molecular weight is 196 g/mol. The molecule has 0 spiro atoms. The van der Waals surface area contributed by atoms with Crippen molar-refractivity contribution in [1.82, 2.24) is 10.2 Å². The molecule has 0 aromatic heterocycles. The van der Waals surface area contributed by atoms with Crippen LogP contribution in [0, 0.1) is 0 Å². The van der Waals surface area contributed by atoms with Crippen molar-refractivity contribution in [2.75, 3.05) is 13.6 Å². The molecule has 1 rings (SSSR count). The van der Waals surface area contributed by atoms with Gasteiger partial charge in [-0.15, -0.1) is 0 Å². The predicted octanol–water partition coefficient (Wildman–Crippen LogP) is 0.299. The van der Waals surface area contributed by atoms with E-state index in [4.69, 9.17) is 0 Å². The second-order valence-corrected chi connectivity index (χ2v) is 3.55. The highest BCUT2D eigenvalue weighted by molar-refractivity contribution is 5.96. The molecule has 1 aliphatic rings. The zero-order chi connectivity index (χ0) is 10.7. The molecular formula is C10H16N2O2. The van der Waals surface area contributed by atoms with Crippen LogP contribution in [0.25, 0.3) is 0 Å². The van der Waals surface area contributed by atoms with E-state index in [2.05, 4.69) is 11.9 Å². The third-order valence-corrected chi connectivity index (χ3v) is 2.43. The van der Waals surface area contributed by atoms with E-state index in [1.165, 1.54) is 0 Å². The van der Waals surface area contributed by atoms with Crippen LogP contribution in [0.5, 0.6) is 0 Å². The van der Waals surface area contributed by atoms with Gasteiger partial charge in [-0.25, -0.2) is 0 Å². The summed E-state index contributed by atoms with van der Waals surface area (Å²) in [6, 6.07) is -0.302. The summed E-state index contributed by atoms with van der Waals surface area (Å²) in [6.45, 7) is 5.92. The van der Waals surface area contributed by atoms with Crippen LogP contribution in [0.15, 0.2) is 12.2 Å². The number of nitrogens with zero attached hydrogens (tertiary/aromatic N) is 1. The van der Waals surface area contributed by atoms with Gasteiger partial charge in [0.2, 0.25) is 11.8 Å². The van der Waals surface area contributed by atoms with Crippen LogP contribution in [-0.4, -0.2) is 36.3 Å². The molecule has 1 fully saturated rings. The highest BCUT2D eigenvalue weighted by Gasteiger charge is 2.33. The van der Waals surface area contributed by atoms with E-state index >= 15 is 0 Å². The molecule has 1 heterocycles. The maximum Gasteiger partial charge on any atom is 0.249 e. The fourth-order valence-corrected chi connectivity index (χ4v) is 1.69. The maximum atomic E-state index is 11.6. The Labute approximate surface area is 84.0 Å². The number of carbonyl (C=O) groups excluding carboxylic acids is 2. The number of hydrogen-bond donors (Lipinski definition) is 1. The number of carbonyl (C=O) groups is 2. The van der Waals surface area contributed by atoms with E-state index in [1.54, 1.807) is 18.9 Å². The maximum absolute atomic E-state index is 11.6. The molecule has 0 aromatic carbocycles. The van der Waals surface area contributed by atoms with Crippen molar-refractivity contribution in [3.8, 4) is 0 Å². The second-order valence-electron chi connectivity index (χ2n) is 3.55. The summed E-state index contributed by atoms with van der Waals surface area (Å²) in [7, 11) is 1.59. The number of likely N-dealkylation sites (N-methyl/N-ethyl adjacent to an activating group) is 1. The number of likely N-dealkylation sites (tertiary alicyclic amines) is 1. The number of rotatable bonds is 2. The predicted molar refractivity (Wildman–Crippen MR) is 53.6 cm³/mol. The van der Waals surface area contributed by atoms with Crippen LogP contribution in [0.1, 0.15) is 19.8 Å². The van der Waals surface area contributed by atoms with Gasteiger partial charge in [0, 0.05) is 19.2 Å². The average Bonchev–Trinajstić information content (AvgIpc) is 2.63. The minimum atomic E-state index is -0.302. The highest BCUT2D eigenvalue weighted by Crippen LogP contribution is 2.19. The van der Waals surface area contributed by atoms with Crippen LogP contribution < -0.4 is 5.32 Å². The van der Waals surface area contributed by atoms with Crippen LogP contribution >= 0.6 is 0 Å². The lowest BCUT2D eigenvalue weighted by Crippen LogP contribution is -2.45. The van der Waals surface area contributed by atoms with Crippen molar-refractivity contribution in [1.29, 1.82) is 0 Å². The van der Waals surface area contributed by atoms with E-state index in [-0.39, 0.29) is 17.9 Å². The third kappa shape index (κ3) is 1.95. The fraction of sp³-hybridized carbons (Fsp3) is 0.600. The Morgan fingerprint density at radius 1 is 1.50 bits per heavy atom. The standard InChI is InChI=1S/C10H16N2O2/c1-7(2)10(14)12-6-4-5-8(12)9(13)11-3/h8H,1,4-6H2,2-3H3,(H,11,13)/t8-/m0/s1. The van der Waals surface area contributed by atoms with Crippen LogP contribution in [0.2, 0.25) is 0 Å². The zero-order valence-corrected chi connectivity index (χ0v) is 8.67. The van der Waals surface area contributed by atoms with Gasteiger partial charge in [-0.2, -0.15) is 0 Å². The van der Waals surface area contributed by atoms with Crippen LogP contribution in [-0.2, 0) is 9.59 Å². The first-order valence-electron chi connectivity index (χ1n) is 4.76. The molecule has 0 saturated carbocycles. The molecule has 1 N–H and O–H groups in total. The molecule has 0 aromatic rings. The third-order valence-electron chi connectivity index (χ3n) is 2.43. The lowest BCUT2D eigenvalue weighted by atomic mass is 10.2. The summed E-state index contributed by atoms with van der Waals surface area (Å²) >= 11 is 0. The molecule has 1 saturated heterocycles. The number of hydrogen-bond acceptors (Lipinski definition) is 2. The van der Waals surface area contributed by atoms with Crippen LogP contribution in [0.4, 0.5) is 0 Å². The summed E-state index contributed by atoms with van der Waals surface area (Å²) in [5, 5.41) is 2.57.